The Labute approximate surface area is 187 Å². The molecule has 164 valence electrons. The molecule has 6 nitrogen and oxygen atoms in total. The molecule has 1 aliphatic heterocycles. The molecule has 31 heavy (non-hydrogen) atoms. The molecular weight excluding hydrogens is 408 g/mol. The van der Waals surface area contributed by atoms with Crippen molar-refractivity contribution in [2.24, 2.45) is 0 Å². The van der Waals surface area contributed by atoms with E-state index in [1.165, 1.54) is 5.01 Å². The topological polar surface area (TPSA) is 58.6 Å². The van der Waals surface area contributed by atoms with Gasteiger partial charge in [-0.3, -0.25) is 14.7 Å². The molecule has 4 rings (SSSR count). The summed E-state index contributed by atoms with van der Waals surface area (Å²) in [4.78, 5) is 27.0. The average molecular weight is 439 g/mol. The Bertz CT molecular complexity index is 1090. The van der Waals surface area contributed by atoms with Crippen molar-refractivity contribution in [3.8, 4) is 5.75 Å². The van der Waals surface area contributed by atoms with E-state index in [0.29, 0.717) is 5.56 Å². The van der Waals surface area contributed by atoms with Gasteiger partial charge in [-0.25, -0.2) is 4.98 Å². The number of methoxy groups -OCH3 is 1. The summed E-state index contributed by atoms with van der Waals surface area (Å²) in [5.74, 6) is 0.829. The lowest BCUT2D eigenvalue weighted by Crippen LogP contribution is -2.48. The van der Waals surface area contributed by atoms with E-state index >= 15 is 0 Å². The SMILES string of the molecule is COc1ccc2cc(C(=O)N3CCN(Cc4csc(C(C)(C)C)n4)CC3)c(C)nc2c1. The largest absolute Gasteiger partial charge is 0.497 e. The number of rotatable bonds is 4. The molecule has 0 aliphatic carbocycles. The number of piperazine rings is 1. The van der Waals surface area contributed by atoms with Crippen LogP contribution in [0.15, 0.2) is 29.6 Å². The molecule has 0 radical (unpaired) electrons. The maximum Gasteiger partial charge on any atom is 0.255 e. The Hall–Kier alpha value is -2.51. The Balaban J connectivity index is 1.41. The standard InChI is InChI=1S/C24H30N4O2S/c1-16-20(12-17-6-7-19(30-5)13-21(17)25-16)22(29)28-10-8-27(9-11-28)14-18-15-31-23(26-18)24(2,3)4/h6-7,12-13,15H,8-11,14H2,1-5H3. The van der Waals surface area contributed by atoms with Crippen LogP contribution in [0.25, 0.3) is 10.9 Å². The number of ether oxygens (including phenoxy) is 1. The maximum absolute atomic E-state index is 13.2. The Morgan fingerprint density at radius 3 is 2.52 bits per heavy atom. The van der Waals surface area contributed by atoms with Gasteiger partial charge in [0, 0.05) is 55.0 Å². The van der Waals surface area contributed by atoms with E-state index in [1.54, 1.807) is 18.4 Å². The molecule has 0 bridgehead atoms. The first-order valence-corrected chi connectivity index (χ1v) is 11.5. The van der Waals surface area contributed by atoms with E-state index < -0.39 is 0 Å². The zero-order valence-corrected chi connectivity index (χ0v) is 19.8. The molecule has 1 aliphatic rings. The molecule has 7 heteroatoms. The van der Waals surface area contributed by atoms with Crippen LogP contribution < -0.4 is 4.74 Å². The molecule has 1 fully saturated rings. The summed E-state index contributed by atoms with van der Waals surface area (Å²) in [6, 6.07) is 7.71. The van der Waals surface area contributed by atoms with Crippen LogP contribution in [0.1, 0.15) is 47.5 Å². The predicted octanol–water partition coefficient (Wildman–Crippen LogP) is 4.26. The molecule has 0 unspecified atom stereocenters. The van der Waals surface area contributed by atoms with E-state index in [0.717, 1.165) is 60.8 Å². The van der Waals surface area contributed by atoms with Gasteiger partial charge < -0.3 is 9.64 Å². The number of carbonyl (C=O) groups excluding carboxylic acids is 1. The summed E-state index contributed by atoms with van der Waals surface area (Å²) < 4.78 is 5.28. The van der Waals surface area contributed by atoms with Crippen molar-refractivity contribution < 1.29 is 9.53 Å². The average Bonchev–Trinajstić information content (AvgIpc) is 3.22. The molecule has 0 saturated carbocycles. The highest BCUT2D eigenvalue weighted by atomic mass is 32.1. The van der Waals surface area contributed by atoms with Crippen molar-refractivity contribution in [2.45, 2.75) is 39.7 Å². The van der Waals surface area contributed by atoms with Gasteiger partial charge in [0.15, 0.2) is 0 Å². The third kappa shape index (κ3) is 4.72. The second-order valence-electron chi connectivity index (χ2n) is 9.14. The van der Waals surface area contributed by atoms with Crippen molar-refractivity contribution in [3.63, 3.8) is 0 Å². The van der Waals surface area contributed by atoms with Crippen LogP contribution in [-0.4, -0.2) is 59.0 Å². The molecule has 0 N–H and O–H groups in total. The minimum atomic E-state index is 0.0612. The van der Waals surface area contributed by atoms with Gasteiger partial charge in [-0.05, 0) is 25.1 Å². The van der Waals surface area contributed by atoms with Gasteiger partial charge >= 0.3 is 0 Å². The lowest BCUT2D eigenvalue weighted by atomic mass is 9.98. The Kier molecular flexibility index (Phi) is 5.99. The van der Waals surface area contributed by atoms with Crippen molar-refractivity contribution in [1.82, 2.24) is 19.8 Å². The lowest BCUT2D eigenvalue weighted by molar-refractivity contribution is 0.0626. The van der Waals surface area contributed by atoms with E-state index in [1.807, 2.05) is 36.1 Å². The van der Waals surface area contributed by atoms with Crippen LogP contribution >= 0.6 is 11.3 Å². The summed E-state index contributed by atoms with van der Waals surface area (Å²) in [5.41, 5.74) is 3.49. The smallest absolute Gasteiger partial charge is 0.255 e. The lowest BCUT2D eigenvalue weighted by Gasteiger charge is -2.34. The van der Waals surface area contributed by atoms with Gasteiger partial charge in [-0.1, -0.05) is 20.8 Å². The van der Waals surface area contributed by atoms with Crippen molar-refractivity contribution >= 4 is 28.1 Å². The molecular formula is C24H30N4O2S. The molecule has 0 spiro atoms. The number of aromatic nitrogens is 2. The van der Waals surface area contributed by atoms with E-state index in [9.17, 15) is 4.79 Å². The molecule has 2 aromatic heterocycles. The summed E-state index contributed by atoms with van der Waals surface area (Å²) in [7, 11) is 1.64. The summed E-state index contributed by atoms with van der Waals surface area (Å²) in [6.45, 7) is 12.5. The monoisotopic (exact) mass is 438 g/mol. The number of fused-ring (bicyclic) bond motifs is 1. The number of aryl methyl sites for hydroxylation is 1. The number of carbonyl (C=O) groups is 1. The van der Waals surface area contributed by atoms with Gasteiger partial charge in [0.1, 0.15) is 5.75 Å². The quantitative estimate of drug-likeness (QED) is 0.609. The summed E-state index contributed by atoms with van der Waals surface area (Å²) in [5, 5.41) is 4.29. The molecule has 3 aromatic rings. The normalized spacial score (nSPS) is 15.5. The van der Waals surface area contributed by atoms with E-state index in [2.05, 4.69) is 36.0 Å². The number of hydrogen-bond donors (Lipinski definition) is 0. The Morgan fingerprint density at radius 1 is 1.13 bits per heavy atom. The fourth-order valence-corrected chi connectivity index (χ4v) is 4.72. The fourth-order valence-electron chi connectivity index (χ4n) is 3.82. The van der Waals surface area contributed by atoms with Crippen LogP contribution in [0.4, 0.5) is 0 Å². The molecule has 0 atom stereocenters. The zero-order chi connectivity index (χ0) is 22.2. The van der Waals surface area contributed by atoms with Crippen LogP contribution in [0, 0.1) is 6.92 Å². The third-order valence-electron chi connectivity index (χ3n) is 5.68. The summed E-state index contributed by atoms with van der Waals surface area (Å²) in [6.07, 6.45) is 0. The minimum Gasteiger partial charge on any atom is -0.497 e. The predicted molar refractivity (Wildman–Crippen MR) is 125 cm³/mol. The second-order valence-corrected chi connectivity index (χ2v) is 10.0. The van der Waals surface area contributed by atoms with Crippen molar-refractivity contribution in [3.05, 3.63) is 51.6 Å². The number of nitrogens with zero attached hydrogens (tertiary/aromatic N) is 4. The number of amides is 1. The van der Waals surface area contributed by atoms with Crippen LogP contribution in [0.5, 0.6) is 5.75 Å². The van der Waals surface area contributed by atoms with E-state index in [-0.39, 0.29) is 11.3 Å². The van der Waals surface area contributed by atoms with Crippen LogP contribution in [-0.2, 0) is 12.0 Å². The van der Waals surface area contributed by atoms with Crippen LogP contribution in [0.2, 0.25) is 0 Å². The fraction of sp³-hybridized carbons (Fsp3) is 0.458. The number of hydrogen-bond acceptors (Lipinski definition) is 6. The highest BCUT2D eigenvalue weighted by Crippen LogP contribution is 2.26. The molecule has 3 heterocycles. The van der Waals surface area contributed by atoms with Gasteiger partial charge in [0.25, 0.3) is 5.91 Å². The van der Waals surface area contributed by atoms with E-state index in [4.69, 9.17) is 9.72 Å². The number of thiazole rings is 1. The Morgan fingerprint density at radius 2 is 1.87 bits per heavy atom. The second kappa shape index (κ2) is 8.55. The van der Waals surface area contributed by atoms with Gasteiger partial charge in [0.2, 0.25) is 0 Å². The van der Waals surface area contributed by atoms with Gasteiger partial charge in [-0.2, -0.15) is 0 Å². The molecule has 1 aromatic carbocycles. The summed E-state index contributed by atoms with van der Waals surface area (Å²) >= 11 is 1.74. The van der Waals surface area contributed by atoms with Crippen LogP contribution in [0.3, 0.4) is 0 Å². The third-order valence-corrected chi connectivity index (χ3v) is 7.00. The minimum absolute atomic E-state index is 0.0612. The highest BCUT2D eigenvalue weighted by Gasteiger charge is 2.25. The van der Waals surface area contributed by atoms with Crippen molar-refractivity contribution in [2.75, 3.05) is 33.3 Å². The number of benzene rings is 1. The van der Waals surface area contributed by atoms with Gasteiger partial charge in [0.05, 0.1) is 34.6 Å². The maximum atomic E-state index is 13.2. The van der Waals surface area contributed by atoms with Crippen molar-refractivity contribution in [1.29, 1.82) is 0 Å². The first kappa shape index (κ1) is 21.7. The number of pyridine rings is 1. The first-order valence-electron chi connectivity index (χ1n) is 10.7. The zero-order valence-electron chi connectivity index (χ0n) is 18.9. The first-order chi connectivity index (χ1) is 14.7. The highest BCUT2D eigenvalue weighted by molar-refractivity contribution is 7.09. The molecule has 1 amide bonds. The van der Waals surface area contributed by atoms with Gasteiger partial charge in [-0.15, -0.1) is 11.3 Å². The molecule has 1 saturated heterocycles.